The summed E-state index contributed by atoms with van der Waals surface area (Å²) in [5.74, 6) is 3.06. The number of thiazole rings is 1. The Morgan fingerprint density at radius 3 is 2.54 bits per heavy atom. The number of nitrogens with zero attached hydrogens (tertiary/aromatic N) is 3. The summed E-state index contributed by atoms with van der Waals surface area (Å²) in [6.07, 6.45) is 5.55. The fourth-order valence-electron chi connectivity index (χ4n) is 3.14. The number of rotatable bonds is 6. The second-order valence-electron chi connectivity index (χ2n) is 6.12. The van der Waals surface area contributed by atoms with Gasteiger partial charge < -0.3 is 14.2 Å². The van der Waals surface area contributed by atoms with E-state index in [1.807, 2.05) is 47.0 Å². The number of para-hydroxylation sites is 1. The maximum absolute atomic E-state index is 12.8. The van der Waals surface area contributed by atoms with Crippen LogP contribution in [0.2, 0.25) is 0 Å². The average Bonchev–Trinajstić information content (AvgIpc) is 3.07. The lowest BCUT2D eigenvalue weighted by Gasteiger charge is -2.20. The second kappa shape index (κ2) is 8.77. The molecule has 144 valence electrons. The molecule has 1 aromatic heterocycles. The highest BCUT2D eigenvalue weighted by Crippen LogP contribution is 2.27. The predicted molar refractivity (Wildman–Crippen MR) is 115 cm³/mol. The molecule has 1 heterocycles. The lowest BCUT2D eigenvalue weighted by molar-refractivity contribution is 0.0998. The Bertz CT molecular complexity index is 1080. The second-order valence-corrected chi connectivity index (χ2v) is 7.13. The van der Waals surface area contributed by atoms with Crippen molar-refractivity contribution in [3.8, 4) is 18.1 Å². The van der Waals surface area contributed by atoms with Crippen molar-refractivity contribution >= 4 is 33.1 Å². The summed E-state index contributed by atoms with van der Waals surface area (Å²) in [7, 11) is 1.62. The predicted octanol–water partition coefficient (Wildman–Crippen LogP) is 3.93. The van der Waals surface area contributed by atoms with Crippen LogP contribution in [-0.4, -0.2) is 30.7 Å². The number of terminal acetylenes is 1. The minimum atomic E-state index is -0.289. The van der Waals surface area contributed by atoms with E-state index in [0.717, 1.165) is 29.0 Å². The summed E-state index contributed by atoms with van der Waals surface area (Å²) >= 11 is 1.42. The number of anilines is 1. The standard InChI is InChI=1S/C22H23N3O2S/c1-5-15-25-20-18(27-4)9-8-10-19(20)28-22(25)23-21(26)16-11-13-17(14-12-16)24(6-2)7-3/h1,8-14H,6-7,15H2,2-4H3. The Balaban J connectivity index is 2.03. The van der Waals surface area contributed by atoms with E-state index in [1.54, 1.807) is 7.11 Å². The number of hydrogen-bond donors (Lipinski definition) is 0. The van der Waals surface area contributed by atoms with Crippen LogP contribution in [0.4, 0.5) is 5.69 Å². The Morgan fingerprint density at radius 1 is 1.21 bits per heavy atom. The fraction of sp³-hybridized carbons (Fsp3) is 0.273. The van der Waals surface area contributed by atoms with Crippen LogP contribution in [0.25, 0.3) is 10.2 Å². The summed E-state index contributed by atoms with van der Waals surface area (Å²) in [5, 5.41) is 0. The van der Waals surface area contributed by atoms with Crippen molar-refractivity contribution in [1.29, 1.82) is 0 Å². The molecule has 2 aromatic carbocycles. The topological polar surface area (TPSA) is 46.8 Å². The molecule has 0 fully saturated rings. The highest BCUT2D eigenvalue weighted by molar-refractivity contribution is 7.16. The lowest BCUT2D eigenvalue weighted by Crippen LogP contribution is -2.21. The number of ether oxygens (including phenoxy) is 1. The number of amides is 1. The van der Waals surface area contributed by atoms with Gasteiger partial charge in [0.1, 0.15) is 11.3 Å². The van der Waals surface area contributed by atoms with Gasteiger partial charge in [-0.05, 0) is 50.2 Å². The zero-order valence-corrected chi connectivity index (χ0v) is 17.1. The van der Waals surface area contributed by atoms with E-state index in [-0.39, 0.29) is 5.91 Å². The number of hydrogen-bond acceptors (Lipinski definition) is 4. The van der Waals surface area contributed by atoms with Crippen LogP contribution in [0.3, 0.4) is 0 Å². The molecular formula is C22H23N3O2S. The van der Waals surface area contributed by atoms with Crippen molar-refractivity contribution in [3.63, 3.8) is 0 Å². The third-order valence-corrected chi connectivity index (χ3v) is 5.62. The SMILES string of the molecule is C#CCn1c(=NC(=O)c2ccc(N(CC)CC)cc2)sc2cccc(OC)c21. The van der Waals surface area contributed by atoms with E-state index in [1.165, 1.54) is 11.3 Å². The molecular weight excluding hydrogens is 370 g/mol. The largest absolute Gasteiger partial charge is 0.495 e. The molecule has 0 radical (unpaired) electrons. The van der Waals surface area contributed by atoms with Crippen LogP contribution in [-0.2, 0) is 6.54 Å². The fourth-order valence-corrected chi connectivity index (χ4v) is 4.19. The third-order valence-electron chi connectivity index (χ3n) is 4.57. The van der Waals surface area contributed by atoms with Gasteiger partial charge in [-0.2, -0.15) is 4.99 Å². The molecule has 3 rings (SSSR count). The molecule has 0 saturated heterocycles. The van der Waals surface area contributed by atoms with Crippen LogP contribution in [0.5, 0.6) is 5.75 Å². The van der Waals surface area contributed by atoms with E-state index in [2.05, 4.69) is 29.7 Å². The normalized spacial score (nSPS) is 11.4. The Morgan fingerprint density at radius 2 is 1.93 bits per heavy atom. The summed E-state index contributed by atoms with van der Waals surface area (Å²) in [4.78, 5) is 19.9. The van der Waals surface area contributed by atoms with Crippen molar-refractivity contribution in [2.75, 3.05) is 25.1 Å². The molecule has 0 spiro atoms. The molecule has 0 aliphatic rings. The van der Waals surface area contributed by atoms with Gasteiger partial charge in [0.15, 0.2) is 4.80 Å². The third kappa shape index (κ3) is 3.80. The quantitative estimate of drug-likeness (QED) is 0.596. The number of carbonyl (C=O) groups is 1. The van der Waals surface area contributed by atoms with Crippen molar-refractivity contribution in [2.45, 2.75) is 20.4 Å². The zero-order valence-electron chi connectivity index (χ0n) is 16.3. The highest BCUT2D eigenvalue weighted by Gasteiger charge is 2.12. The highest BCUT2D eigenvalue weighted by atomic mass is 32.1. The molecule has 0 aliphatic heterocycles. The molecule has 0 aliphatic carbocycles. The molecule has 0 unspecified atom stereocenters. The van der Waals surface area contributed by atoms with Gasteiger partial charge in [0.25, 0.3) is 5.91 Å². The minimum absolute atomic E-state index is 0.289. The first-order valence-corrected chi connectivity index (χ1v) is 9.98. The maximum Gasteiger partial charge on any atom is 0.279 e. The van der Waals surface area contributed by atoms with E-state index in [0.29, 0.717) is 22.7 Å². The van der Waals surface area contributed by atoms with Crippen LogP contribution < -0.4 is 14.4 Å². The minimum Gasteiger partial charge on any atom is -0.495 e. The molecule has 0 atom stereocenters. The van der Waals surface area contributed by atoms with Crippen molar-refractivity contribution < 1.29 is 9.53 Å². The van der Waals surface area contributed by atoms with E-state index < -0.39 is 0 Å². The molecule has 0 N–H and O–H groups in total. The van der Waals surface area contributed by atoms with E-state index in [9.17, 15) is 4.79 Å². The summed E-state index contributed by atoms with van der Waals surface area (Å²) in [5.41, 5.74) is 2.50. The van der Waals surface area contributed by atoms with E-state index in [4.69, 9.17) is 11.2 Å². The number of carbonyl (C=O) groups excluding carboxylic acids is 1. The van der Waals surface area contributed by atoms with Crippen molar-refractivity contribution in [3.05, 3.63) is 52.8 Å². The summed E-state index contributed by atoms with van der Waals surface area (Å²) < 4.78 is 8.28. The number of fused-ring (bicyclic) bond motifs is 1. The molecule has 3 aromatic rings. The number of aromatic nitrogens is 1. The van der Waals surface area contributed by atoms with Crippen molar-refractivity contribution in [1.82, 2.24) is 4.57 Å². The monoisotopic (exact) mass is 393 g/mol. The van der Waals surface area contributed by atoms with Crippen LogP contribution >= 0.6 is 11.3 Å². The van der Waals surface area contributed by atoms with Gasteiger partial charge in [0.2, 0.25) is 0 Å². The first kappa shape index (κ1) is 19.7. The molecule has 5 nitrogen and oxygen atoms in total. The molecule has 0 saturated carbocycles. The number of benzene rings is 2. The van der Waals surface area contributed by atoms with Gasteiger partial charge in [-0.15, -0.1) is 6.42 Å². The Labute approximate surface area is 168 Å². The molecule has 28 heavy (non-hydrogen) atoms. The first-order chi connectivity index (χ1) is 13.6. The van der Waals surface area contributed by atoms with Crippen LogP contribution in [0.15, 0.2) is 47.5 Å². The van der Waals surface area contributed by atoms with Crippen LogP contribution in [0.1, 0.15) is 24.2 Å². The Kier molecular flexibility index (Phi) is 6.17. The summed E-state index contributed by atoms with van der Waals surface area (Å²) in [6, 6.07) is 13.3. The molecule has 1 amide bonds. The van der Waals surface area contributed by atoms with Gasteiger partial charge in [0, 0.05) is 24.3 Å². The Hall–Kier alpha value is -3.04. The van der Waals surface area contributed by atoms with Gasteiger partial charge in [-0.25, -0.2) is 0 Å². The molecule has 6 heteroatoms. The van der Waals surface area contributed by atoms with Crippen molar-refractivity contribution in [2.24, 2.45) is 4.99 Å². The summed E-state index contributed by atoms with van der Waals surface area (Å²) in [6.45, 7) is 6.37. The average molecular weight is 394 g/mol. The van der Waals surface area contributed by atoms with Gasteiger partial charge in [0.05, 0.1) is 18.4 Å². The zero-order chi connectivity index (χ0) is 20.1. The van der Waals surface area contributed by atoms with Gasteiger partial charge in [-0.3, -0.25) is 4.79 Å². The maximum atomic E-state index is 12.8. The first-order valence-electron chi connectivity index (χ1n) is 9.16. The lowest BCUT2D eigenvalue weighted by atomic mass is 10.2. The van der Waals surface area contributed by atoms with Gasteiger partial charge >= 0.3 is 0 Å². The number of methoxy groups -OCH3 is 1. The smallest absolute Gasteiger partial charge is 0.279 e. The van der Waals surface area contributed by atoms with Gasteiger partial charge in [-0.1, -0.05) is 23.3 Å². The van der Waals surface area contributed by atoms with E-state index >= 15 is 0 Å². The van der Waals surface area contributed by atoms with Crippen LogP contribution in [0, 0.1) is 12.3 Å². The molecule has 0 bridgehead atoms.